The predicted molar refractivity (Wildman–Crippen MR) is 79.7 cm³/mol. The average Bonchev–Trinajstić information content (AvgIpc) is 2.41. The number of benzene rings is 1. The Morgan fingerprint density at radius 1 is 1.40 bits per heavy atom. The van der Waals surface area contributed by atoms with E-state index in [4.69, 9.17) is 0 Å². The van der Waals surface area contributed by atoms with Crippen molar-refractivity contribution in [3.05, 3.63) is 28.7 Å². The van der Waals surface area contributed by atoms with Gasteiger partial charge in [-0.25, -0.2) is 4.79 Å². The Kier molecular flexibility index (Phi) is 4.32. The topological polar surface area (TPSA) is 69.6 Å². The number of nitrogens with zero attached hydrogens (tertiary/aromatic N) is 1. The molecule has 1 fully saturated rings. The smallest absolute Gasteiger partial charge is 0.321 e. The summed E-state index contributed by atoms with van der Waals surface area (Å²) in [6, 6.07) is 7.07. The van der Waals surface area contributed by atoms with Gasteiger partial charge in [0.2, 0.25) is 0 Å². The SMILES string of the molecule is CC1(C(=O)O)CCCN(C(=O)Nc2ccccc2Br)C1. The van der Waals surface area contributed by atoms with Crippen LogP contribution in [0.4, 0.5) is 10.5 Å². The molecule has 0 aromatic heterocycles. The van der Waals surface area contributed by atoms with Gasteiger partial charge in [-0.05, 0) is 47.8 Å². The third kappa shape index (κ3) is 3.12. The third-order valence-corrected chi connectivity index (χ3v) is 4.31. The molecular formula is C14H17BrN2O3. The number of para-hydroxylation sites is 1. The number of carboxylic acid groups (broad SMARTS) is 1. The van der Waals surface area contributed by atoms with Gasteiger partial charge in [0.05, 0.1) is 11.1 Å². The van der Waals surface area contributed by atoms with E-state index in [9.17, 15) is 14.7 Å². The lowest BCUT2D eigenvalue weighted by atomic mass is 9.82. The first-order chi connectivity index (χ1) is 9.42. The first-order valence-electron chi connectivity index (χ1n) is 6.46. The highest BCUT2D eigenvalue weighted by atomic mass is 79.9. The Bertz CT molecular complexity index is 535. The van der Waals surface area contributed by atoms with Crippen LogP contribution in [0.5, 0.6) is 0 Å². The summed E-state index contributed by atoms with van der Waals surface area (Å²) in [5.74, 6) is -0.851. The van der Waals surface area contributed by atoms with Gasteiger partial charge in [0, 0.05) is 17.6 Å². The molecule has 0 aliphatic carbocycles. The van der Waals surface area contributed by atoms with Gasteiger partial charge < -0.3 is 15.3 Å². The van der Waals surface area contributed by atoms with Crippen LogP contribution in [0.1, 0.15) is 19.8 Å². The molecule has 2 N–H and O–H groups in total. The van der Waals surface area contributed by atoms with Gasteiger partial charge in [0.25, 0.3) is 0 Å². The van der Waals surface area contributed by atoms with Crippen LogP contribution in [-0.2, 0) is 4.79 Å². The Balaban J connectivity index is 2.06. The second-order valence-corrected chi connectivity index (χ2v) is 6.16. The zero-order valence-electron chi connectivity index (χ0n) is 11.2. The predicted octanol–water partition coefficient (Wildman–Crippen LogP) is 3.17. The fourth-order valence-corrected chi connectivity index (χ4v) is 2.73. The van der Waals surface area contributed by atoms with Crippen LogP contribution in [0.3, 0.4) is 0 Å². The van der Waals surface area contributed by atoms with Crippen molar-refractivity contribution >= 4 is 33.6 Å². The summed E-state index contributed by atoms with van der Waals surface area (Å²) >= 11 is 3.37. The number of hydrogen-bond donors (Lipinski definition) is 2. The van der Waals surface area contributed by atoms with Crippen molar-refractivity contribution in [3.8, 4) is 0 Å². The van der Waals surface area contributed by atoms with Gasteiger partial charge >= 0.3 is 12.0 Å². The Hall–Kier alpha value is -1.56. The van der Waals surface area contributed by atoms with Crippen molar-refractivity contribution in [2.24, 2.45) is 5.41 Å². The molecule has 5 nitrogen and oxygen atoms in total. The van der Waals surface area contributed by atoms with E-state index in [1.165, 1.54) is 0 Å². The Morgan fingerprint density at radius 3 is 2.75 bits per heavy atom. The molecule has 1 unspecified atom stereocenters. The highest BCUT2D eigenvalue weighted by Gasteiger charge is 2.39. The summed E-state index contributed by atoms with van der Waals surface area (Å²) in [5, 5.41) is 12.1. The molecule has 108 valence electrons. The van der Waals surface area contributed by atoms with E-state index >= 15 is 0 Å². The zero-order valence-corrected chi connectivity index (χ0v) is 12.8. The molecule has 0 spiro atoms. The average molecular weight is 341 g/mol. The number of nitrogens with one attached hydrogen (secondary N) is 1. The minimum absolute atomic E-state index is 0.235. The number of halogens is 1. The molecule has 2 rings (SSSR count). The number of carbonyl (C=O) groups excluding carboxylic acids is 1. The van der Waals surface area contributed by atoms with E-state index in [0.29, 0.717) is 25.1 Å². The van der Waals surface area contributed by atoms with Crippen molar-refractivity contribution in [1.29, 1.82) is 0 Å². The van der Waals surface area contributed by atoms with Crippen molar-refractivity contribution in [1.82, 2.24) is 4.90 Å². The van der Waals surface area contributed by atoms with E-state index in [1.54, 1.807) is 17.9 Å². The number of piperidine rings is 1. The molecule has 1 atom stereocenters. The second kappa shape index (κ2) is 5.83. The molecule has 1 aromatic carbocycles. The summed E-state index contributed by atoms with van der Waals surface area (Å²) in [5.41, 5.74) is -0.177. The molecule has 1 aromatic rings. The standard InChI is InChI=1S/C14H17BrN2O3/c1-14(12(18)19)7-4-8-17(9-14)13(20)16-11-6-3-2-5-10(11)15/h2-3,5-6H,4,7-9H2,1H3,(H,16,20)(H,18,19). The molecule has 0 bridgehead atoms. The fraction of sp³-hybridized carbons (Fsp3) is 0.429. The summed E-state index contributed by atoms with van der Waals surface area (Å²) < 4.78 is 0.798. The number of rotatable bonds is 2. The highest BCUT2D eigenvalue weighted by molar-refractivity contribution is 9.10. The van der Waals surface area contributed by atoms with Crippen LogP contribution in [-0.4, -0.2) is 35.1 Å². The number of amides is 2. The van der Waals surface area contributed by atoms with Crippen LogP contribution >= 0.6 is 15.9 Å². The molecule has 2 amide bonds. The lowest BCUT2D eigenvalue weighted by Gasteiger charge is -2.37. The van der Waals surface area contributed by atoms with Crippen LogP contribution in [0, 0.1) is 5.41 Å². The number of likely N-dealkylation sites (tertiary alicyclic amines) is 1. The lowest BCUT2D eigenvalue weighted by molar-refractivity contribution is -0.150. The van der Waals surface area contributed by atoms with Gasteiger partial charge in [-0.15, -0.1) is 0 Å². The lowest BCUT2D eigenvalue weighted by Crippen LogP contribution is -2.49. The molecule has 0 radical (unpaired) electrons. The largest absolute Gasteiger partial charge is 0.481 e. The molecule has 20 heavy (non-hydrogen) atoms. The normalized spacial score (nSPS) is 22.4. The van der Waals surface area contributed by atoms with E-state index in [2.05, 4.69) is 21.2 Å². The summed E-state index contributed by atoms with van der Waals surface area (Å²) in [6.07, 6.45) is 1.30. The van der Waals surface area contributed by atoms with Gasteiger partial charge in [-0.2, -0.15) is 0 Å². The molecule has 0 saturated carbocycles. The maximum atomic E-state index is 12.2. The van der Waals surface area contributed by atoms with Gasteiger partial charge in [-0.1, -0.05) is 12.1 Å². The molecule has 1 aliphatic rings. The monoisotopic (exact) mass is 340 g/mol. The van der Waals surface area contributed by atoms with Crippen LogP contribution in [0.15, 0.2) is 28.7 Å². The number of urea groups is 1. The van der Waals surface area contributed by atoms with Crippen LogP contribution in [0.25, 0.3) is 0 Å². The zero-order chi connectivity index (χ0) is 14.8. The molecule has 1 heterocycles. The number of carboxylic acids is 1. The number of anilines is 1. The maximum Gasteiger partial charge on any atom is 0.321 e. The van der Waals surface area contributed by atoms with Crippen molar-refractivity contribution in [2.45, 2.75) is 19.8 Å². The number of hydrogen-bond acceptors (Lipinski definition) is 2. The van der Waals surface area contributed by atoms with Crippen molar-refractivity contribution in [3.63, 3.8) is 0 Å². The van der Waals surface area contributed by atoms with E-state index < -0.39 is 11.4 Å². The third-order valence-electron chi connectivity index (χ3n) is 3.62. The first kappa shape index (κ1) is 14.8. The summed E-state index contributed by atoms with van der Waals surface area (Å²) in [7, 11) is 0. The minimum atomic E-state index is -0.858. The van der Waals surface area contributed by atoms with Crippen molar-refractivity contribution in [2.75, 3.05) is 18.4 Å². The molecular weight excluding hydrogens is 324 g/mol. The number of aliphatic carboxylic acids is 1. The Labute approximate surface area is 126 Å². The van der Waals surface area contributed by atoms with Gasteiger partial charge in [0.15, 0.2) is 0 Å². The van der Waals surface area contributed by atoms with Crippen LogP contribution in [0.2, 0.25) is 0 Å². The second-order valence-electron chi connectivity index (χ2n) is 5.30. The maximum absolute atomic E-state index is 12.2. The quantitative estimate of drug-likeness (QED) is 0.868. The number of carbonyl (C=O) groups is 2. The molecule has 1 aliphatic heterocycles. The molecule has 1 saturated heterocycles. The van der Waals surface area contributed by atoms with Crippen LogP contribution < -0.4 is 5.32 Å². The molecule has 6 heteroatoms. The van der Waals surface area contributed by atoms with E-state index in [1.807, 2.05) is 18.2 Å². The van der Waals surface area contributed by atoms with Gasteiger partial charge in [0.1, 0.15) is 0 Å². The van der Waals surface area contributed by atoms with Crippen molar-refractivity contribution < 1.29 is 14.7 Å². The minimum Gasteiger partial charge on any atom is -0.481 e. The van der Waals surface area contributed by atoms with E-state index in [0.717, 1.165) is 4.47 Å². The summed E-state index contributed by atoms with van der Waals surface area (Å²) in [4.78, 5) is 25.1. The van der Waals surface area contributed by atoms with E-state index in [-0.39, 0.29) is 12.6 Å². The first-order valence-corrected chi connectivity index (χ1v) is 7.25. The Morgan fingerprint density at radius 2 is 2.10 bits per heavy atom. The summed E-state index contributed by atoms with van der Waals surface area (Å²) in [6.45, 7) is 2.50. The fourth-order valence-electron chi connectivity index (χ4n) is 2.34. The highest BCUT2D eigenvalue weighted by Crippen LogP contribution is 2.30. The van der Waals surface area contributed by atoms with Gasteiger partial charge in [-0.3, -0.25) is 4.79 Å².